The minimum Gasteiger partial charge on any atom is -0.376 e. The fraction of sp³-hybridized carbons (Fsp3) is 0.846. The van der Waals surface area contributed by atoms with Gasteiger partial charge >= 0.3 is 0 Å². The molecule has 2 aliphatic rings. The molecule has 4 nitrogen and oxygen atoms in total. The van der Waals surface area contributed by atoms with Crippen LogP contribution in [-0.2, 0) is 9.53 Å². The lowest BCUT2D eigenvalue weighted by Gasteiger charge is -2.42. The van der Waals surface area contributed by atoms with Crippen LogP contribution < -0.4 is 5.32 Å². The average molecular weight is 236 g/mol. The number of nitrogens with zero attached hydrogens (tertiary/aromatic N) is 1. The summed E-state index contributed by atoms with van der Waals surface area (Å²) in [4.78, 5) is 12.2. The van der Waals surface area contributed by atoms with Gasteiger partial charge in [0.25, 0.3) is 0 Å². The first-order valence-electron chi connectivity index (χ1n) is 6.27. The summed E-state index contributed by atoms with van der Waals surface area (Å²) in [7, 11) is 0. The average Bonchev–Trinajstić information content (AvgIpc) is 2.54. The lowest BCUT2D eigenvalue weighted by molar-refractivity contribution is -0.136. The summed E-state index contributed by atoms with van der Waals surface area (Å²) in [6, 6.07) is 2.20. The van der Waals surface area contributed by atoms with Crippen molar-refractivity contribution in [1.29, 1.82) is 5.26 Å². The number of carbonyl (C=O) groups excluding carboxylic acids is 1. The maximum absolute atomic E-state index is 12.2. The van der Waals surface area contributed by atoms with Crippen LogP contribution in [0.5, 0.6) is 0 Å². The molecule has 1 saturated heterocycles. The molecule has 0 spiro atoms. The van der Waals surface area contributed by atoms with E-state index < -0.39 is 5.41 Å². The molecule has 2 atom stereocenters. The summed E-state index contributed by atoms with van der Waals surface area (Å²) in [5.41, 5.74) is -1.11. The van der Waals surface area contributed by atoms with E-state index in [1.54, 1.807) is 0 Å². The van der Waals surface area contributed by atoms with Crippen LogP contribution in [0.3, 0.4) is 0 Å². The van der Waals surface area contributed by atoms with Crippen molar-refractivity contribution in [3.8, 4) is 6.07 Å². The Balaban J connectivity index is 2.05. The van der Waals surface area contributed by atoms with E-state index in [1.807, 2.05) is 13.8 Å². The van der Waals surface area contributed by atoms with Crippen LogP contribution in [0.15, 0.2) is 0 Å². The lowest BCUT2D eigenvalue weighted by Crippen LogP contribution is -2.57. The normalized spacial score (nSPS) is 44.8. The molecular weight excluding hydrogens is 216 g/mol. The molecule has 1 aliphatic carbocycles. The van der Waals surface area contributed by atoms with E-state index in [-0.39, 0.29) is 17.6 Å². The van der Waals surface area contributed by atoms with Crippen LogP contribution in [0.25, 0.3) is 0 Å². The largest absolute Gasteiger partial charge is 0.376 e. The Morgan fingerprint density at radius 3 is 2.53 bits per heavy atom. The molecule has 2 rings (SSSR count). The van der Waals surface area contributed by atoms with E-state index in [0.29, 0.717) is 25.4 Å². The first kappa shape index (κ1) is 12.4. The van der Waals surface area contributed by atoms with E-state index in [4.69, 9.17) is 4.74 Å². The standard InChI is InChI=1S/C13H20N2O2/c1-9-6-13(7-9,8-14)11(16)15-12(3)4-5-17-10(12)2/h9-10H,4-7H2,1-3H3,(H,15,16). The van der Waals surface area contributed by atoms with Crippen molar-refractivity contribution in [2.75, 3.05) is 6.61 Å². The molecule has 0 aromatic rings. The Bertz CT molecular complexity index is 368. The van der Waals surface area contributed by atoms with Gasteiger partial charge in [0.1, 0.15) is 5.41 Å². The van der Waals surface area contributed by atoms with Crippen molar-refractivity contribution in [3.63, 3.8) is 0 Å². The summed E-state index contributed by atoms with van der Waals surface area (Å²) >= 11 is 0. The fourth-order valence-corrected chi connectivity index (χ4v) is 2.84. The van der Waals surface area contributed by atoms with Gasteiger partial charge in [-0.25, -0.2) is 0 Å². The molecule has 1 N–H and O–H groups in total. The first-order valence-corrected chi connectivity index (χ1v) is 6.27. The van der Waals surface area contributed by atoms with E-state index >= 15 is 0 Å². The predicted molar refractivity (Wildman–Crippen MR) is 63.0 cm³/mol. The minimum absolute atomic E-state index is 0.0136. The number of carbonyl (C=O) groups is 1. The van der Waals surface area contributed by atoms with E-state index in [2.05, 4.69) is 18.3 Å². The van der Waals surface area contributed by atoms with E-state index in [9.17, 15) is 10.1 Å². The molecular formula is C13H20N2O2. The SMILES string of the molecule is CC1CC(C#N)(C(=O)NC2(C)CCOC2C)C1. The van der Waals surface area contributed by atoms with Gasteiger partial charge in [-0.3, -0.25) is 4.79 Å². The second-order valence-electron chi connectivity index (χ2n) is 5.84. The van der Waals surface area contributed by atoms with Gasteiger partial charge in [0.05, 0.1) is 17.7 Å². The van der Waals surface area contributed by atoms with Gasteiger partial charge in [0, 0.05) is 6.61 Å². The first-order chi connectivity index (χ1) is 7.92. The summed E-state index contributed by atoms with van der Waals surface area (Å²) in [5.74, 6) is 0.364. The van der Waals surface area contributed by atoms with Crippen molar-refractivity contribution in [3.05, 3.63) is 0 Å². The molecule has 1 heterocycles. The number of hydrogen-bond donors (Lipinski definition) is 1. The lowest BCUT2D eigenvalue weighted by atomic mass is 9.62. The number of nitriles is 1. The summed E-state index contributed by atoms with van der Waals surface area (Å²) in [6.07, 6.45) is 2.19. The van der Waals surface area contributed by atoms with Crippen LogP contribution in [0.4, 0.5) is 0 Å². The zero-order valence-electron chi connectivity index (χ0n) is 10.7. The van der Waals surface area contributed by atoms with Crippen molar-refractivity contribution < 1.29 is 9.53 Å². The quantitative estimate of drug-likeness (QED) is 0.792. The highest BCUT2D eigenvalue weighted by Gasteiger charge is 2.51. The number of hydrogen-bond acceptors (Lipinski definition) is 3. The van der Waals surface area contributed by atoms with Gasteiger partial charge in [-0.2, -0.15) is 5.26 Å². The van der Waals surface area contributed by atoms with Gasteiger partial charge in [-0.05, 0) is 39.0 Å². The van der Waals surface area contributed by atoms with E-state index in [0.717, 1.165) is 6.42 Å². The fourth-order valence-electron chi connectivity index (χ4n) is 2.84. The Morgan fingerprint density at radius 2 is 2.12 bits per heavy atom. The summed E-state index contributed by atoms with van der Waals surface area (Å²) in [6.45, 7) is 6.71. The van der Waals surface area contributed by atoms with Gasteiger partial charge in [-0.15, -0.1) is 0 Å². The smallest absolute Gasteiger partial charge is 0.241 e. The molecule has 17 heavy (non-hydrogen) atoms. The van der Waals surface area contributed by atoms with Crippen LogP contribution in [0.2, 0.25) is 0 Å². The van der Waals surface area contributed by atoms with Gasteiger partial charge in [0.2, 0.25) is 5.91 Å². The predicted octanol–water partition coefficient (Wildman–Crippen LogP) is 1.61. The van der Waals surface area contributed by atoms with Crippen molar-refractivity contribution in [2.24, 2.45) is 11.3 Å². The Hall–Kier alpha value is -1.08. The number of nitrogens with one attached hydrogen (secondary N) is 1. The number of amides is 1. The van der Waals surface area contributed by atoms with Crippen LogP contribution in [-0.4, -0.2) is 24.2 Å². The molecule has 1 saturated carbocycles. The Labute approximate surface area is 102 Å². The maximum Gasteiger partial charge on any atom is 0.241 e. The van der Waals surface area contributed by atoms with Crippen LogP contribution >= 0.6 is 0 Å². The van der Waals surface area contributed by atoms with Crippen molar-refractivity contribution in [2.45, 2.75) is 51.7 Å². The molecule has 0 aromatic carbocycles. The van der Waals surface area contributed by atoms with Crippen molar-refractivity contribution >= 4 is 5.91 Å². The third-order valence-electron chi connectivity index (χ3n) is 4.33. The zero-order chi connectivity index (χ0) is 12.7. The van der Waals surface area contributed by atoms with E-state index in [1.165, 1.54) is 0 Å². The summed E-state index contributed by atoms with van der Waals surface area (Å²) < 4.78 is 5.49. The molecule has 2 fully saturated rings. The Kier molecular flexibility index (Phi) is 2.90. The third-order valence-corrected chi connectivity index (χ3v) is 4.33. The van der Waals surface area contributed by atoms with Crippen LogP contribution in [0.1, 0.15) is 40.0 Å². The molecule has 4 heteroatoms. The van der Waals surface area contributed by atoms with Crippen molar-refractivity contribution in [1.82, 2.24) is 5.32 Å². The third kappa shape index (κ3) is 1.93. The number of ether oxygens (including phenoxy) is 1. The minimum atomic E-state index is -0.787. The van der Waals surface area contributed by atoms with Crippen LogP contribution in [0, 0.1) is 22.7 Å². The van der Waals surface area contributed by atoms with Gasteiger partial charge < -0.3 is 10.1 Å². The molecule has 1 aliphatic heterocycles. The van der Waals surface area contributed by atoms with Gasteiger partial charge in [0.15, 0.2) is 0 Å². The second kappa shape index (κ2) is 3.99. The molecule has 1 amide bonds. The topological polar surface area (TPSA) is 62.1 Å². The molecule has 0 aromatic heterocycles. The Morgan fingerprint density at radius 1 is 1.47 bits per heavy atom. The molecule has 0 bridgehead atoms. The highest BCUT2D eigenvalue weighted by molar-refractivity contribution is 5.87. The number of rotatable bonds is 2. The molecule has 0 radical (unpaired) electrons. The maximum atomic E-state index is 12.2. The summed E-state index contributed by atoms with van der Waals surface area (Å²) in [5, 5.41) is 12.2. The van der Waals surface area contributed by atoms with Gasteiger partial charge in [-0.1, -0.05) is 6.92 Å². The highest BCUT2D eigenvalue weighted by Crippen LogP contribution is 2.45. The second-order valence-corrected chi connectivity index (χ2v) is 5.84. The zero-order valence-corrected chi connectivity index (χ0v) is 10.7. The highest BCUT2D eigenvalue weighted by atomic mass is 16.5. The molecule has 2 unspecified atom stereocenters. The monoisotopic (exact) mass is 236 g/mol. The molecule has 94 valence electrons.